The summed E-state index contributed by atoms with van der Waals surface area (Å²) < 4.78 is 43.1. The van der Waals surface area contributed by atoms with Crippen molar-refractivity contribution < 1.29 is 37.0 Å². The number of sulfonamides is 1. The lowest BCUT2D eigenvalue weighted by Crippen LogP contribution is -2.40. The van der Waals surface area contributed by atoms with E-state index in [0.29, 0.717) is 11.4 Å². The summed E-state index contributed by atoms with van der Waals surface area (Å²) >= 11 is 0. The number of nitrogens with one attached hydrogen (secondary N) is 2. The Morgan fingerprint density at radius 1 is 1.00 bits per heavy atom. The van der Waals surface area contributed by atoms with Gasteiger partial charge in [0.15, 0.2) is 6.10 Å². The Morgan fingerprint density at radius 2 is 1.60 bits per heavy atom. The maximum atomic E-state index is 13.1. The summed E-state index contributed by atoms with van der Waals surface area (Å²) in [6.07, 6.45) is -1.17. The molecule has 1 heterocycles. The highest BCUT2D eigenvalue weighted by Crippen LogP contribution is 2.29. The van der Waals surface area contributed by atoms with E-state index in [-0.39, 0.29) is 48.4 Å². The molecule has 2 amide bonds. The van der Waals surface area contributed by atoms with Crippen molar-refractivity contribution in [1.29, 1.82) is 0 Å². The lowest BCUT2D eigenvalue weighted by atomic mass is 10.2. The van der Waals surface area contributed by atoms with Crippen molar-refractivity contribution in [3.05, 3.63) is 48.0 Å². The SMILES string of the molecule is COc1ccc(C(=O)O[C@H](C)C(=O)Nc2ccc(NC(C)=O)cc2)cc1S(=O)(=O)N1CCOCC1. The van der Waals surface area contributed by atoms with Crippen molar-refractivity contribution in [1.82, 2.24) is 4.31 Å². The topological polar surface area (TPSA) is 140 Å². The molecule has 0 aromatic heterocycles. The van der Waals surface area contributed by atoms with Crippen LogP contribution in [0.1, 0.15) is 24.2 Å². The average molecular weight is 506 g/mol. The average Bonchev–Trinajstić information content (AvgIpc) is 2.84. The van der Waals surface area contributed by atoms with E-state index in [1.807, 2.05) is 0 Å². The first-order valence-electron chi connectivity index (χ1n) is 10.8. The van der Waals surface area contributed by atoms with Gasteiger partial charge in [0.2, 0.25) is 15.9 Å². The highest BCUT2D eigenvalue weighted by Gasteiger charge is 2.30. The third-order valence-corrected chi connectivity index (χ3v) is 7.03. The Balaban J connectivity index is 1.70. The molecular weight excluding hydrogens is 478 g/mol. The molecule has 0 aliphatic carbocycles. The predicted molar refractivity (Wildman–Crippen MR) is 127 cm³/mol. The van der Waals surface area contributed by atoms with E-state index in [4.69, 9.17) is 14.2 Å². The fourth-order valence-electron chi connectivity index (χ4n) is 3.30. The van der Waals surface area contributed by atoms with Gasteiger partial charge in [-0.15, -0.1) is 0 Å². The summed E-state index contributed by atoms with van der Waals surface area (Å²) in [6.45, 7) is 3.69. The Labute approximate surface area is 203 Å². The number of rotatable bonds is 8. The molecule has 11 nitrogen and oxygen atoms in total. The number of methoxy groups -OCH3 is 1. The van der Waals surface area contributed by atoms with Crippen molar-refractivity contribution >= 4 is 39.2 Å². The maximum absolute atomic E-state index is 13.1. The second kappa shape index (κ2) is 11.3. The first-order valence-corrected chi connectivity index (χ1v) is 12.2. The van der Waals surface area contributed by atoms with Crippen LogP contribution < -0.4 is 15.4 Å². The number of carbonyl (C=O) groups excluding carboxylic acids is 3. The number of ether oxygens (including phenoxy) is 3. The van der Waals surface area contributed by atoms with Crippen LogP contribution in [-0.2, 0) is 29.1 Å². The third-order valence-electron chi connectivity index (χ3n) is 5.11. The van der Waals surface area contributed by atoms with E-state index < -0.39 is 28.0 Å². The summed E-state index contributed by atoms with van der Waals surface area (Å²) in [7, 11) is -2.61. The van der Waals surface area contributed by atoms with Crippen LogP contribution in [0.4, 0.5) is 11.4 Å². The van der Waals surface area contributed by atoms with E-state index in [0.717, 1.165) is 0 Å². The van der Waals surface area contributed by atoms with E-state index >= 15 is 0 Å². The predicted octanol–water partition coefficient (Wildman–Crippen LogP) is 1.86. The summed E-state index contributed by atoms with van der Waals surface area (Å²) in [5.41, 5.74) is 0.963. The molecule has 0 saturated carbocycles. The van der Waals surface area contributed by atoms with E-state index in [1.54, 1.807) is 24.3 Å². The smallest absolute Gasteiger partial charge is 0.338 e. The van der Waals surface area contributed by atoms with E-state index in [1.165, 1.54) is 43.5 Å². The lowest BCUT2D eigenvalue weighted by molar-refractivity contribution is -0.123. The molecule has 0 unspecified atom stereocenters. The fraction of sp³-hybridized carbons (Fsp3) is 0.348. The van der Waals surface area contributed by atoms with Gasteiger partial charge >= 0.3 is 5.97 Å². The molecule has 2 aromatic carbocycles. The number of anilines is 2. The zero-order valence-corrected chi connectivity index (χ0v) is 20.4. The standard InChI is InChI=1S/C23H27N3O8S/c1-15(22(28)25-19-7-5-18(6-8-19)24-16(2)27)34-23(29)17-4-9-20(32-3)21(14-17)35(30,31)26-10-12-33-13-11-26/h4-9,14-15H,10-13H2,1-3H3,(H,24,27)(H,25,28)/t15-/m1/s1. The Morgan fingerprint density at radius 3 is 2.17 bits per heavy atom. The number of carbonyl (C=O) groups is 3. The van der Waals surface area contributed by atoms with Crippen LogP contribution >= 0.6 is 0 Å². The van der Waals surface area contributed by atoms with E-state index in [9.17, 15) is 22.8 Å². The molecule has 188 valence electrons. The van der Waals surface area contributed by atoms with Gasteiger partial charge in [-0.2, -0.15) is 4.31 Å². The Bertz CT molecular complexity index is 1190. The zero-order chi connectivity index (χ0) is 25.6. The second-order valence-corrected chi connectivity index (χ2v) is 9.58. The Kier molecular flexibility index (Phi) is 8.43. The summed E-state index contributed by atoms with van der Waals surface area (Å²) in [5, 5.41) is 5.23. The molecule has 1 atom stereocenters. The van der Waals surface area contributed by atoms with Gasteiger partial charge in [-0.1, -0.05) is 0 Å². The Hall–Kier alpha value is -3.48. The molecule has 0 spiro atoms. The van der Waals surface area contributed by atoms with Crippen LogP contribution in [0.2, 0.25) is 0 Å². The molecular formula is C23H27N3O8S. The normalized spacial score (nSPS) is 15.1. The summed E-state index contributed by atoms with van der Waals surface area (Å²) in [4.78, 5) is 36.1. The first-order chi connectivity index (χ1) is 16.6. The molecule has 1 fully saturated rings. The number of esters is 1. The minimum absolute atomic E-state index is 0.0445. The van der Waals surface area contributed by atoms with Gasteiger partial charge in [0.25, 0.3) is 5.91 Å². The number of hydrogen-bond acceptors (Lipinski definition) is 8. The van der Waals surface area contributed by atoms with Crippen LogP contribution in [0.5, 0.6) is 5.75 Å². The number of hydrogen-bond donors (Lipinski definition) is 2. The van der Waals surface area contributed by atoms with Gasteiger partial charge in [0.1, 0.15) is 10.6 Å². The number of morpholine rings is 1. The molecule has 0 bridgehead atoms. The van der Waals surface area contributed by atoms with Gasteiger partial charge in [-0.05, 0) is 49.4 Å². The molecule has 2 aromatic rings. The van der Waals surface area contributed by atoms with Gasteiger partial charge in [-0.3, -0.25) is 9.59 Å². The first kappa shape index (κ1) is 26.1. The fourth-order valence-corrected chi connectivity index (χ4v) is 4.89. The number of nitrogens with zero attached hydrogens (tertiary/aromatic N) is 1. The lowest BCUT2D eigenvalue weighted by Gasteiger charge is -2.26. The number of benzene rings is 2. The van der Waals surface area contributed by atoms with Crippen LogP contribution in [0, 0.1) is 0 Å². The molecule has 12 heteroatoms. The molecule has 1 saturated heterocycles. The van der Waals surface area contributed by atoms with Crippen LogP contribution in [0.25, 0.3) is 0 Å². The van der Waals surface area contributed by atoms with Crippen molar-refractivity contribution in [3.8, 4) is 5.75 Å². The van der Waals surface area contributed by atoms with Crippen molar-refractivity contribution in [2.75, 3.05) is 44.0 Å². The third kappa shape index (κ3) is 6.56. The highest BCUT2D eigenvalue weighted by molar-refractivity contribution is 7.89. The molecule has 35 heavy (non-hydrogen) atoms. The second-order valence-electron chi connectivity index (χ2n) is 7.68. The van der Waals surface area contributed by atoms with Crippen LogP contribution in [0.15, 0.2) is 47.4 Å². The molecule has 2 N–H and O–H groups in total. The minimum Gasteiger partial charge on any atom is -0.495 e. The quantitative estimate of drug-likeness (QED) is 0.518. The molecule has 1 aliphatic heterocycles. The van der Waals surface area contributed by atoms with Gasteiger partial charge < -0.3 is 24.8 Å². The van der Waals surface area contributed by atoms with Gasteiger partial charge in [0, 0.05) is 31.4 Å². The van der Waals surface area contributed by atoms with Crippen LogP contribution in [-0.4, -0.2) is 70.0 Å². The summed E-state index contributed by atoms with van der Waals surface area (Å²) in [6, 6.07) is 10.3. The number of amides is 2. The zero-order valence-electron chi connectivity index (χ0n) is 19.6. The van der Waals surface area contributed by atoms with Crippen molar-refractivity contribution in [3.63, 3.8) is 0 Å². The van der Waals surface area contributed by atoms with Crippen LogP contribution in [0.3, 0.4) is 0 Å². The minimum atomic E-state index is -3.94. The summed E-state index contributed by atoms with van der Waals surface area (Å²) in [5.74, 6) is -1.58. The molecule has 0 radical (unpaired) electrons. The van der Waals surface area contributed by atoms with Crippen molar-refractivity contribution in [2.24, 2.45) is 0 Å². The van der Waals surface area contributed by atoms with Gasteiger partial charge in [-0.25, -0.2) is 13.2 Å². The highest BCUT2D eigenvalue weighted by atomic mass is 32.2. The molecule has 1 aliphatic rings. The van der Waals surface area contributed by atoms with E-state index in [2.05, 4.69) is 10.6 Å². The van der Waals surface area contributed by atoms with Gasteiger partial charge in [0.05, 0.1) is 25.9 Å². The molecule has 3 rings (SSSR count). The van der Waals surface area contributed by atoms with Crippen molar-refractivity contribution in [2.45, 2.75) is 24.8 Å². The maximum Gasteiger partial charge on any atom is 0.338 e. The largest absolute Gasteiger partial charge is 0.495 e. The monoisotopic (exact) mass is 505 g/mol.